The molecule has 20 heavy (non-hydrogen) atoms. The molecule has 2 aliphatic heterocycles. The largest absolute Gasteiger partial charge is 0.454 e. The second-order valence-corrected chi connectivity index (χ2v) is 5.28. The monoisotopic (exact) mass is 279 g/mol. The molecule has 0 spiro atoms. The molecule has 5 nitrogen and oxygen atoms in total. The lowest BCUT2D eigenvalue weighted by Crippen LogP contribution is -2.32. The maximum atomic E-state index is 5.58. The highest BCUT2D eigenvalue weighted by atomic mass is 16.7. The van der Waals surface area contributed by atoms with Crippen molar-refractivity contribution >= 4 is 0 Å². The third-order valence-electron chi connectivity index (χ3n) is 4.03. The SMILES string of the molecule is COC[C@@H]1C[C@H](OC)CN1Cc1cccc2c1OCO2. The van der Waals surface area contributed by atoms with Crippen LogP contribution in [0.25, 0.3) is 0 Å². The summed E-state index contributed by atoms with van der Waals surface area (Å²) in [6.07, 6.45) is 1.29. The summed E-state index contributed by atoms with van der Waals surface area (Å²) in [5, 5.41) is 0. The number of fused-ring (bicyclic) bond motifs is 1. The van der Waals surface area contributed by atoms with E-state index >= 15 is 0 Å². The van der Waals surface area contributed by atoms with Crippen LogP contribution in [0.2, 0.25) is 0 Å². The van der Waals surface area contributed by atoms with Crippen molar-refractivity contribution in [2.24, 2.45) is 0 Å². The van der Waals surface area contributed by atoms with Crippen LogP contribution in [0.5, 0.6) is 11.5 Å². The average molecular weight is 279 g/mol. The van der Waals surface area contributed by atoms with Crippen LogP contribution in [0.15, 0.2) is 18.2 Å². The number of ether oxygens (including phenoxy) is 4. The Hall–Kier alpha value is -1.30. The zero-order valence-corrected chi connectivity index (χ0v) is 12.0. The molecular weight excluding hydrogens is 258 g/mol. The van der Waals surface area contributed by atoms with Crippen molar-refractivity contribution in [2.75, 3.05) is 34.2 Å². The van der Waals surface area contributed by atoms with E-state index in [2.05, 4.69) is 11.0 Å². The van der Waals surface area contributed by atoms with Gasteiger partial charge in [0.1, 0.15) is 0 Å². The van der Waals surface area contributed by atoms with Gasteiger partial charge in [-0.05, 0) is 12.5 Å². The van der Waals surface area contributed by atoms with Crippen molar-refractivity contribution in [1.29, 1.82) is 0 Å². The lowest BCUT2D eigenvalue weighted by molar-refractivity contribution is 0.105. The summed E-state index contributed by atoms with van der Waals surface area (Å²) in [5.74, 6) is 1.72. The van der Waals surface area contributed by atoms with Crippen LogP contribution in [-0.4, -0.2) is 51.2 Å². The molecule has 0 unspecified atom stereocenters. The molecule has 0 bridgehead atoms. The second-order valence-electron chi connectivity index (χ2n) is 5.28. The Morgan fingerprint density at radius 1 is 1.30 bits per heavy atom. The Morgan fingerprint density at radius 2 is 2.20 bits per heavy atom. The van der Waals surface area contributed by atoms with E-state index in [1.54, 1.807) is 14.2 Å². The third kappa shape index (κ3) is 2.61. The van der Waals surface area contributed by atoms with Gasteiger partial charge in [-0.3, -0.25) is 4.90 Å². The molecule has 2 aliphatic rings. The van der Waals surface area contributed by atoms with E-state index in [-0.39, 0.29) is 6.10 Å². The molecular formula is C15H21NO4. The van der Waals surface area contributed by atoms with Gasteiger partial charge >= 0.3 is 0 Å². The molecule has 0 radical (unpaired) electrons. The Balaban J connectivity index is 1.74. The van der Waals surface area contributed by atoms with Gasteiger partial charge in [-0.25, -0.2) is 0 Å². The number of nitrogens with zero attached hydrogens (tertiary/aromatic N) is 1. The summed E-state index contributed by atoms with van der Waals surface area (Å²) < 4.78 is 21.8. The number of hydrogen-bond donors (Lipinski definition) is 0. The predicted octanol–water partition coefficient (Wildman–Crippen LogP) is 1.65. The fourth-order valence-corrected chi connectivity index (χ4v) is 3.00. The number of methoxy groups -OCH3 is 2. The van der Waals surface area contributed by atoms with E-state index in [1.165, 1.54) is 0 Å². The first-order chi connectivity index (χ1) is 9.81. The molecule has 0 aliphatic carbocycles. The first-order valence-corrected chi connectivity index (χ1v) is 6.95. The number of benzene rings is 1. The predicted molar refractivity (Wildman–Crippen MR) is 74.1 cm³/mol. The fourth-order valence-electron chi connectivity index (χ4n) is 3.00. The van der Waals surface area contributed by atoms with Gasteiger partial charge in [0, 0.05) is 38.9 Å². The lowest BCUT2D eigenvalue weighted by atomic mass is 10.1. The molecule has 0 aromatic heterocycles. The number of hydrogen-bond acceptors (Lipinski definition) is 5. The van der Waals surface area contributed by atoms with Crippen molar-refractivity contribution in [2.45, 2.75) is 25.1 Å². The third-order valence-corrected chi connectivity index (χ3v) is 4.03. The second kappa shape index (κ2) is 5.99. The van der Waals surface area contributed by atoms with E-state index in [4.69, 9.17) is 18.9 Å². The lowest BCUT2D eigenvalue weighted by Gasteiger charge is -2.23. The molecule has 2 atom stereocenters. The Labute approximate surface area is 119 Å². The molecule has 1 fully saturated rings. The first kappa shape index (κ1) is 13.7. The Bertz CT molecular complexity index is 465. The minimum absolute atomic E-state index is 0.282. The molecule has 3 rings (SSSR count). The number of likely N-dealkylation sites (tertiary alicyclic amines) is 1. The summed E-state index contributed by atoms with van der Waals surface area (Å²) in [6.45, 7) is 2.80. The van der Waals surface area contributed by atoms with Crippen molar-refractivity contribution in [1.82, 2.24) is 4.90 Å². The molecule has 2 heterocycles. The normalized spacial score (nSPS) is 25.3. The Morgan fingerprint density at radius 3 is 3.00 bits per heavy atom. The van der Waals surface area contributed by atoms with Gasteiger partial charge in [0.25, 0.3) is 0 Å². The van der Waals surface area contributed by atoms with Crippen molar-refractivity contribution in [3.8, 4) is 11.5 Å². The zero-order chi connectivity index (χ0) is 13.9. The smallest absolute Gasteiger partial charge is 0.231 e. The topological polar surface area (TPSA) is 40.2 Å². The van der Waals surface area contributed by atoms with E-state index in [1.807, 2.05) is 12.1 Å². The van der Waals surface area contributed by atoms with Crippen LogP contribution < -0.4 is 9.47 Å². The molecule has 5 heteroatoms. The van der Waals surface area contributed by atoms with Crippen molar-refractivity contribution < 1.29 is 18.9 Å². The summed E-state index contributed by atoms with van der Waals surface area (Å²) in [7, 11) is 3.52. The molecule has 1 aromatic carbocycles. The van der Waals surface area contributed by atoms with E-state index in [9.17, 15) is 0 Å². The zero-order valence-electron chi connectivity index (χ0n) is 12.0. The fraction of sp³-hybridized carbons (Fsp3) is 0.600. The molecule has 0 N–H and O–H groups in total. The van der Waals surface area contributed by atoms with Crippen LogP contribution in [0.1, 0.15) is 12.0 Å². The Kier molecular flexibility index (Phi) is 4.10. The summed E-state index contributed by atoms with van der Waals surface area (Å²) in [6, 6.07) is 6.44. The highest BCUT2D eigenvalue weighted by molar-refractivity contribution is 5.48. The molecule has 110 valence electrons. The van der Waals surface area contributed by atoms with E-state index < -0.39 is 0 Å². The van der Waals surface area contributed by atoms with E-state index in [0.717, 1.165) is 43.2 Å². The van der Waals surface area contributed by atoms with Gasteiger partial charge in [0.05, 0.1) is 12.7 Å². The van der Waals surface area contributed by atoms with Gasteiger partial charge in [-0.1, -0.05) is 12.1 Å². The maximum Gasteiger partial charge on any atom is 0.231 e. The first-order valence-electron chi connectivity index (χ1n) is 6.95. The quantitative estimate of drug-likeness (QED) is 0.819. The molecule has 1 saturated heterocycles. The summed E-state index contributed by atoms with van der Waals surface area (Å²) >= 11 is 0. The molecule has 0 saturated carbocycles. The van der Waals surface area contributed by atoms with Crippen molar-refractivity contribution in [3.63, 3.8) is 0 Å². The van der Waals surface area contributed by atoms with Crippen LogP contribution in [0, 0.1) is 0 Å². The van der Waals surface area contributed by atoms with Gasteiger partial charge in [0.15, 0.2) is 11.5 Å². The van der Waals surface area contributed by atoms with Gasteiger partial charge < -0.3 is 18.9 Å². The van der Waals surface area contributed by atoms with Crippen LogP contribution in [0.4, 0.5) is 0 Å². The van der Waals surface area contributed by atoms with E-state index in [0.29, 0.717) is 12.8 Å². The molecule has 0 amide bonds. The van der Waals surface area contributed by atoms with Crippen LogP contribution in [0.3, 0.4) is 0 Å². The minimum atomic E-state index is 0.282. The average Bonchev–Trinajstić information content (AvgIpc) is 3.07. The minimum Gasteiger partial charge on any atom is -0.454 e. The highest BCUT2D eigenvalue weighted by Gasteiger charge is 2.33. The van der Waals surface area contributed by atoms with Crippen LogP contribution >= 0.6 is 0 Å². The summed E-state index contributed by atoms with van der Waals surface area (Å²) in [5.41, 5.74) is 1.16. The van der Waals surface area contributed by atoms with Gasteiger partial charge in [0.2, 0.25) is 6.79 Å². The highest BCUT2D eigenvalue weighted by Crippen LogP contribution is 2.37. The van der Waals surface area contributed by atoms with Crippen LogP contribution in [-0.2, 0) is 16.0 Å². The standard InChI is InChI=1S/C15H21NO4/c1-17-9-12-6-13(18-2)8-16(12)7-11-4-3-5-14-15(11)20-10-19-14/h3-5,12-13H,6-10H2,1-2H3/t12-,13-/m0/s1. The maximum absolute atomic E-state index is 5.58. The summed E-state index contributed by atoms with van der Waals surface area (Å²) in [4.78, 5) is 2.40. The van der Waals surface area contributed by atoms with Crippen molar-refractivity contribution in [3.05, 3.63) is 23.8 Å². The molecule has 1 aromatic rings. The van der Waals surface area contributed by atoms with Gasteiger partial charge in [-0.2, -0.15) is 0 Å². The number of para-hydroxylation sites is 1. The van der Waals surface area contributed by atoms with Gasteiger partial charge in [-0.15, -0.1) is 0 Å². The number of rotatable bonds is 5.